The second-order valence-electron chi connectivity index (χ2n) is 22.4. The molecule has 0 saturated carbocycles. The molecule has 1 heterocycles. The Labute approximate surface area is 461 Å². The quantitative estimate of drug-likeness (QED) is 0.0193. The molecule has 1 aliphatic rings. The Balaban J connectivity index is 2.08. The summed E-state index contributed by atoms with van der Waals surface area (Å²) in [6.45, 7) is 3.45. The number of rotatable bonds is 56. The van der Waals surface area contributed by atoms with Crippen LogP contribution in [0.25, 0.3) is 0 Å². The summed E-state index contributed by atoms with van der Waals surface area (Å²) >= 11 is 0. The van der Waals surface area contributed by atoms with Crippen molar-refractivity contribution in [3.63, 3.8) is 0 Å². The van der Waals surface area contributed by atoms with E-state index in [1.165, 1.54) is 225 Å². The molecule has 1 rings (SSSR count). The van der Waals surface area contributed by atoms with Crippen molar-refractivity contribution < 1.29 is 51.8 Å². The minimum Gasteiger partial charge on any atom is -0.394 e. The molecule has 1 saturated heterocycles. The zero-order valence-electron chi connectivity index (χ0n) is 48.4. The van der Waals surface area contributed by atoms with E-state index in [1.54, 1.807) is 0 Å². The van der Waals surface area contributed by atoms with Gasteiger partial charge in [0, 0.05) is 6.42 Å². The van der Waals surface area contributed by atoms with Gasteiger partial charge in [0.15, 0.2) is 6.29 Å². The van der Waals surface area contributed by atoms with Crippen LogP contribution in [-0.4, -0.2) is 95.4 Å². The van der Waals surface area contributed by atoms with Gasteiger partial charge in [-0.25, -0.2) is 4.18 Å². The van der Waals surface area contributed by atoms with Gasteiger partial charge in [-0.05, 0) is 44.9 Å². The molecule has 7 unspecified atom stereocenters. The van der Waals surface area contributed by atoms with Gasteiger partial charge < -0.3 is 35.2 Å². The van der Waals surface area contributed by atoms with E-state index in [1.807, 2.05) is 0 Å². The van der Waals surface area contributed by atoms with E-state index in [2.05, 4.69) is 47.7 Å². The number of unbranched alkanes of at least 4 members (excludes halogenated alkanes) is 40. The van der Waals surface area contributed by atoms with Gasteiger partial charge in [-0.1, -0.05) is 282 Å². The van der Waals surface area contributed by atoms with E-state index >= 15 is 0 Å². The molecule has 7 atom stereocenters. The van der Waals surface area contributed by atoms with Crippen LogP contribution in [0.1, 0.15) is 309 Å². The first-order valence-electron chi connectivity index (χ1n) is 31.7. The number of carbonyl (C=O) groups excluding carboxylic acids is 1. The highest BCUT2D eigenvalue weighted by Gasteiger charge is 2.48. The molecule has 0 bridgehead atoms. The molecule has 0 aromatic rings. The van der Waals surface area contributed by atoms with Crippen LogP contribution in [0, 0.1) is 0 Å². The first kappa shape index (κ1) is 71.6. The molecular weight excluding hydrogens is 967 g/mol. The van der Waals surface area contributed by atoms with Crippen molar-refractivity contribution in [2.75, 3.05) is 13.2 Å². The zero-order valence-corrected chi connectivity index (χ0v) is 49.2. The molecule has 1 fully saturated rings. The molecule has 0 aromatic carbocycles. The van der Waals surface area contributed by atoms with Crippen LogP contribution in [0.5, 0.6) is 0 Å². The highest BCUT2D eigenvalue weighted by atomic mass is 32.3. The number of hydrogen-bond donors (Lipinski definition) is 6. The van der Waals surface area contributed by atoms with E-state index in [0.717, 1.165) is 57.8 Å². The summed E-state index contributed by atoms with van der Waals surface area (Å²) in [6, 6.07) is -0.855. The Bertz CT molecular complexity index is 1420. The number of aliphatic hydroxyl groups excluding tert-OH is 4. The van der Waals surface area contributed by atoms with E-state index in [0.29, 0.717) is 12.8 Å². The third-order valence-corrected chi connectivity index (χ3v) is 15.7. The average Bonchev–Trinajstić information content (AvgIpc) is 3.39. The molecular formula is C62H119NO11S. The second-order valence-corrected chi connectivity index (χ2v) is 23.4. The Kier molecular flexibility index (Phi) is 49.6. The predicted octanol–water partition coefficient (Wildman–Crippen LogP) is 15.6. The van der Waals surface area contributed by atoms with Crippen molar-refractivity contribution in [2.24, 2.45) is 0 Å². The minimum absolute atomic E-state index is 0.228. The maximum absolute atomic E-state index is 13.1. The lowest BCUT2D eigenvalue weighted by Crippen LogP contribution is -2.61. The number of amides is 1. The molecule has 12 nitrogen and oxygen atoms in total. The smallest absolute Gasteiger partial charge is 0.394 e. The molecule has 0 spiro atoms. The van der Waals surface area contributed by atoms with Crippen LogP contribution in [0.3, 0.4) is 0 Å². The molecule has 0 radical (unpaired) electrons. The van der Waals surface area contributed by atoms with Crippen LogP contribution in [0.4, 0.5) is 0 Å². The van der Waals surface area contributed by atoms with Crippen LogP contribution in [0.2, 0.25) is 0 Å². The summed E-state index contributed by atoms with van der Waals surface area (Å²) in [5.74, 6) is -0.228. The highest BCUT2D eigenvalue weighted by Crippen LogP contribution is 2.26. The van der Waals surface area contributed by atoms with Gasteiger partial charge in [-0.2, -0.15) is 8.42 Å². The number of carbonyl (C=O) groups is 1. The monoisotopic (exact) mass is 1090 g/mol. The van der Waals surface area contributed by atoms with Crippen LogP contribution in [0.15, 0.2) is 24.3 Å². The Morgan fingerprint density at radius 3 is 1.27 bits per heavy atom. The van der Waals surface area contributed by atoms with Gasteiger partial charge in [0.1, 0.15) is 24.4 Å². The van der Waals surface area contributed by atoms with Gasteiger partial charge in [-0.15, -0.1) is 0 Å². The standard InChI is InChI=1S/C62H119NO11S/c1-3-5-7-9-11-13-14-15-16-17-18-19-20-21-22-23-24-25-26-27-28-29-30-31-32-33-34-35-36-37-38-39-40-41-42-44-46-48-50-52-58(66)63-55(56(65)51-49-47-45-43-12-10-8-6-4-2)54-72-62-60(68)61(74-75(69,70)71)59(67)57(53-64)73-62/h24-25,27-28,55-57,59-62,64-65,67-68H,3-23,26,29-54H2,1-2H3,(H,63,66)(H,69,70,71)/b25-24-,28-27-. The topological polar surface area (TPSA) is 192 Å². The zero-order chi connectivity index (χ0) is 54.7. The summed E-state index contributed by atoms with van der Waals surface area (Å²) in [5.41, 5.74) is 0. The van der Waals surface area contributed by atoms with Crippen LogP contribution in [-0.2, 0) is 28.9 Å². The van der Waals surface area contributed by atoms with Gasteiger partial charge in [0.25, 0.3) is 0 Å². The fraction of sp³-hybridized carbons (Fsp3) is 0.919. The third-order valence-electron chi connectivity index (χ3n) is 15.3. The number of ether oxygens (including phenoxy) is 2. The average molecular weight is 1090 g/mol. The highest BCUT2D eigenvalue weighted by molar-refractivity contribution is 7.80. The largest absolute Gasteiger partial charge is 0.397 e. The summed E-state index contributed by atoms with van der Waals surface area (Å²) in [4.78, 5) is 13.1. The summed E-state index contributed by atoms with van der Waals surface area (Å²) in [6.07, 6.45) is 56.9. The fourth-order valence-corrected chi connectivity index (χ4v) is 10.9. The van der Waals surface area contributed by atoms with E-state index in [-0.39, 0.29) is 12.5 Å². The van der Waals surface area contributed by atoms with Crippen LogP contribution < -0.4 is 5.32 Å². The van der Waals surface area contributed by atoms with Crippen molar-refractivity contribution in [3.05, 3.63) is 24.3 Å². The number of aliphatic hydroxyl groups is 4. The molecule has 1 aliphatic heterocycles. The molecule has 1 amide bonds. The fourth-order valence-electron chi connectivity index (χ4n) is 10.4. The Hall–Kier alpha value is -1.42. The number of allylic oxidation sites excluding steroid dienone is 4. The lowest BCUT2D eigenvalue weighted by atomic mass is 9.99. The second kappa shape index (κ2) is 52.0. The molecule has 0 aromatic heterocycles. The third kappa shape index (κ3) is 44.1. The normalized spacial score (nSPS) is 19.2. The molecule has 0 aliphatic carbocycles. The summed E-state index contributed by atoms with van der Waals surface area (Å²) < 4.78 is 47.7. The molecule has 75 heavy (non-hydrogen) atoms. The van der Waals surface area contributed by atoms with Crippen LogP contribution >= 0.6 is 0 Å². The van der Waals surface area contributed by atoms with Crippen molar-refractivity contribution in [2.45, 2.75) is 352 Å². The van der Waals surface area contributed by atoms with E-state index in [9.17, 15) is 38.2 Å². The first-order valence-corrected chi connectivity index (χ1v) is 33.1. The molecule has 444 valence electrons. The van der Waals surface area contributed by atoms with Gasteiger partial charge in [0.2, 0.25) is 5.91 Å². The van der Waals surface area contributed by atoms with Crippen molar-refractivity contribution in [1.82, 2.24) is 5.32 Å². The Morgan fingerprint density at radius 1 is 0.533 bits per heavy atom. The van der Waals surface area contributed by atoms with E-state index in [4.69, 9.17) is 9.47 Å². The van der Waals surface area contributed by atoms with Crippen molar-refractivity contribution in [3.8, 4) is 0 Å². The van der Waals surface area contributed by atoms with Gasteiger partial charge in [0.05, 0.1) is 25.4 Å². The minimum atomic E-state index is -5.08. The van der Waals surface area contributed by atoms with Gasteiger partial charge in [-0.3, -0.25) is 9.35 Å². The lowest BCUT2D eigenvalue weighted by molar-refractivity contribution is -0.298. The lowest BCUT2D eigenvalue weighted by Gasteiger charge is -2.41. The summed E-state index contributed by atoms with van der Waals surface area (Å²) in [7, 11) is -5.08. The maximum atomic E-state index is 13.1. The first-order chi connectivity index (χ1) is 36.5. The molecule has 13 heteroatoms. The van der Waals surface area contributed by atoms with Crippen molar-refractivity contribution in [1.29, 1.82) is 0 Å². The summed E-state index contributed by atoms with van der Waals surface area (Å²) in [5, 5.41) is 44.9. The maximum Gasteiger partial charge on any atom is 0.397 e. The van der Waals surface area contributed by atoms with E-state index < -0.39 is 59.9 Å². The SMILES string of the molecule is CCCCCCCCCCCCCCCCC/C=C\C/C=C\CCCCCCCCCCCCCCCCCCCC(=O)NC(COC1OC(CO)C(O)C(OS(=O)(=O)O)C1O)C(O)CCCCCCCCCCC. The molecule has 6 N–H and O–H groups in total. The Morgan fingerprint density at radius 2 is 0.893 bits per heavy atom. The predicted molar refractivity (Wildman–Crippen MR) is 310 cm³/mol. The number of nitrogens with one attached hydrogen (secondary N) is 1. The van der Waals surface area contributed by atoms with Crippen molar-refractivity contribution >= 4 is 16.3 Å². The number of hydrogen-bond acceptors (Lipinski definition) is 10. The van der Waals surface area contributed by atoms with Gasteiger partial charge >= 0.3 is 10.4 Å².